The van der Waals surface area contributed by atoms with Crippen molar-refractivity contribution in [3.05, 3.63) is 41.2 Å². The monoisotopic (exact) mass is 407 g/mol. The van der Waals surface area contributed by atoms with E-state index in [1.165, 1.54) is 32.1 Å². The first-order chi connectivity index (χ1) is 13.5. The molecule has 0 radical (unpaired) electrons. The minimum atomic E-state index is -1.93. The van der Waals surface area contributed by atoms with Crippen molar-refractivity contribution in [2.24, 2.45) is 5.92 Å². The van der Waals surface area contributed by atoms with E-state index in [2.05, 4.69) is 0 Å². The van der Waals surface area contributed by atoms with Crippen LogP contribution in [0.4, 0.5) is 10.1 Å². The van der Waals surface area contributed by atoms with Crippen LogP contribution in [0.1, 0.15) is 36.2 Å². The third-order valence-corrected chi connectivity index (χ3v) is 4.84. The maximum absolute atomic E-state index is 14.2. The largest absolute Gasteiger partial charge is 0.507 e. The van der Waals surface area contributed by atoms with E-state index >= 15 is 0 Å². The number of aliphatic hydroxyl groups is 2. The molecule has 1 heterocycles. The summed E-state index contributed by atoms with van der Waals surface area (Å²) in [6.07, 6.45) is -0.627. The molecule has 8 heteroatoms. The molecule has 0 aliphatic carbocycles. The number of carbonyl (C=O) groups is 2. The summed E-state index contributed by atoms with van der Waals surface area (Å²) >= 11 is 0. The number of carbonyl (C=O) groups excluding carboxylic acids is 2. The van der Waals surface area contributed by atoms with Gasteiger partial charge in [-0.15, -0.1) is 0 Å². The predicted octanol–water partition coefficient (Wildman–Crippen LogP) is 2.20. The van der Waals surface area contributed by atoms with E-state index in [4.69, 9.17) is 4.74 Å². The summed E-state index contributed by atoms with van der Waals surface area (Å²) in [6, 6.07) is 3.07. The summed E-state index contributed by atoms with van der Waals surface area (Å²) in [4.78, 5) is 26.4. The molecule has 7 nitrogen and oxygen atoms in total. The van der Waals surface area contributed by atoms with Crippen molar-refractivity contribution >= 4 is 23.5 Å². The Balaban J connectivity index is 2.56. The Kier molecular flexibility index (Phi) is 7.16. The number of aliphatic hydroxyl groups excluding tert-OH is 2. The summed E-state index contributed by atoms with van der Waals surface area (Å²) in [5, 5.41) is 30.4. The van der Waals surface area contributed by atoms with Crippen molar-refractivity contribution in [1.82, 2.24) is 0 Å². The molecule has 29 heavy (non-hydrogen) atoms. The molecule has 2 rings (SSSR count). The van der Waals surface area contributed by atoms with Crippen LogP contribution in [0.5, 0.6) is 5.75 Å². The fraction of sp³-hybridized carbons (Fsp3) is 0.429. The highest BCUT2D eigenvalue weighted by molar-refractivity contribution is 5.98. The third-order valence-electron chi connectivity index (χ3n) is 4.84. The molecule has 1 aromatic rings. The number of ketones is 1. The number of phenolic OH excluding ortho intramolecular Hbond substituents is 1. The number of hydrogen-bond donors (Lipinski definition) is 3. The molecule has 1 aliphatic rings. The van der Waals surface area contributed by atoms with E-state index in [9.17, 15) is 29.3 Å². The highest BCUT2D eigenvalue weighted by Gasteiger charge is 2.29. The van der Waals surface area contributed by atoms with Gasteiger partial charge in [-0.05, 0) is 31.1 Å². The summed E-state index contributed by atoms with van der Waals surface area (Å²) in [7, 11) is 3.53. The van der Waals surface area contributed by atoms with Gasteiger partial charge in [0.2, 0.25) is 5.78 Å². The Morgan fingerprint density at radius 3 is 2.45 bits per heavy atom. The van der Waals surface area contributed by atoms with Crippen molar-refractivity contribution in [2.45, 2.75) is 38.6 Å². The van der Waals surface area contributed by atoms with Crippen LogP contribution in [-0.2, 0) is 9.53 Å². The van der Waals surface area contributed by atoms with Gasteiger partial charge >= 0.3 is 5.97 Å². The summed E-state index contributed by atoms with van der Waals surface area (Å²) in [5.74, 6) is -4.24. The van der Waals surface area contributed by atoms with Gasteiger partial charge in [-0.1, -0.05) is 19.1 Å². The van der Waals surface area contributed by atoms with Gasteiger partial charge in [0.05, 0.1) is 6.10 Å². The Morgan fingerprint density at radius 2 is 1.83 bits per heavy atom. The van der Waals surface area contributed by atoms with Gasteiger partial charge in [0.25, 0.3) is 0 Å². The van der Waals surface area contributed by atoms with Gasteiger partial charge in [-0.25, -0.2) is 9.18 Å². The Bertz CT molecular complexity index is 848. The molecule has 0 spiro atoms. The average Bonchev–Trinajstić information content (AvgIpc) is 2.65. The number of cyclic esters (lactones) is 1. The molecule has 0 aromatic heterocycles. The van der Waals surface area contributed by atoms with Crippen LogP contribution in [0.2, 0.25) is 0 Å². The number of nitrogens with zero attached hydrogens (tertiary/aromatic N) is 1. The van der Waals surface area contributed by atoms with Crippen LogP contribution >= 0.6 is 0 Å². The molecule has 0 saturated carbocycles. The highest BCUT2D eigenvalue weighted by Crippen LogP contribution is 2.31. The van der Waals surface area contributed by atoms with Gasteiger partial charge < -0.3 is 25.0 Å². The molecule has 0 bridgehead atoms. The minimum Gasteiger partial charge on any atom is -0.507 e. The molecule has 0 amide bonds. The van der Waals surface area contributed by atoms with Gasteiger partial charge in [0.15, 0.2) is 5.83 Å². The van der Waals surface area contributed by atoms with Crippen molar-refractivity contribution in [1.29, 1.82) is 0 Å². The van der Waals surface area contributed by atoms with Crippen LogP contribution < -0.4 is 4.90 Å². The molecule has 4 atom stereocenters. The molecule has 0 unspecified atom stereocenters. The number of anilines is 1. The van der Waals surface area contributed by atoms with E-state index in [0.717, 1.165) is 6.08 Å². The lowest BCUT2D eigenvalue weighted by atomic mass is 9.99. The number of rotatable bonds is 1. The SMILES string of the molecule is C[C@@H]1/C=C(/F)C(=O)[C@@H](O)[C@@H](O)C/C=C/c2cc(N(C)C)cc(O)c2C(=O)O[C@H]1C. The van der Waals surface area contributed by atoms with Gasteiger partial charge in [-0.2, -0.15) is 0 Å². The maximum Gasteiger partial charge on any atom is 0.342 e. The Labute approximate surface area is 168 Å². The summed E-state index contributed by atoms with van der Waals surface area (Å²) in [5.41, 5.74) is 0.894. The molecule has 1 aromatic carbocycles. The lowest BCUT2D eigenvalue weighted by Crippen LogP contribution is -2.34. The first-order valence-corrected chi connectivity index (χ1v) is 9.22. The molecular formula is C21H26FNO6. The topological polar surface area (TPSA) is 107 Å². The fourth-order valence-electron chi connectivity index (χ4n) is 2.81. The van der Waals surface area contributed by atoms with Crippen LogP contribution in [0.3, 0.4) is 0 Å². The quantitative estimate of drug-likeness (QED) is 0.613. The van der Waals surface area contributed by atoms with E-state index in [1.807, 2.05) is 0 Å². The lowest BCUT2D eigenvalue weighted by molar-refractivity contribution is -0.130. The van der Waals surface area contributed by atoms with Gasteiger partial charge in [0.1, 0.15) is 23.5 Å². The highest BCUT2D eigenvalue weighted by atomic mass is 19.1. The number of ether oxygens (including phenoxy) is 1. The molecule has 0 saturated heterocycles. The Hall–Kier alpha value is -2.71. The number of phenols is 1. The summed E-state index contributed by atoms with van der Waals surface area (Å²) in [6.45, 7) is 3.06. The number of benzene rings is 1. The number of Topliss-reactive ketones (excluding diaryl/α,β-unsaturated/α-hetero) is 1. The second-order valence-corrected chi connectivity index (χ2v) is 7.32. The number of aromatic hydroxyl groups is 1. The van der Waals surface area contributed by atoms with Crippen molar-refractivity contribution in [2.75, 3.05) is 19.0 Å². The number of esters is 1. The molecule has 0 fully saturated rings. The number of fused-ring (bicyclic) bond motifs is 1. The molecule has 3 N–H and O–H groups in total. The van der Waals surface area contributed by atoms with Crippen LogP contribution in [0.25, 0.3) is 6.08 Å². The van der Waals surface area contributed by atoms with Gasteiger partial charge in [-0.3, -0.25) is 4.79 Å². The van der Waals surface area contributed by atoms with E-state index in [1.54, 1.807) is 25.1 Å². The van der Waals surface area contributed by atoms with Crippen molar-refractivity contribution in [3.8, 4) is 5.75 Å². The number of hydrogen-bond acceptors (Lipinski definition) is 7. The fourth-order valence-corrected chi connectivity index (χ4v) is 2.81. The van der Waals surface area contributed by atoms with Crippen molar-refractivity contribution < 1.29 is 34.0 Å². The molecule has 1 aliphatic heterocycles. The summed E-state index contributed by atoms with van der Waals surface area (Å²) < 4.78 is 19.5. The standard InChI is InChI=1S/C21H26FNO6/c1-11-8-15(22)19(26)20(27)16(24)7-5-6-13-9-14(23(3)4)10-17(25)18(13)21(28)29-12(11)2/h5-6,8-12,16,20,24-25,27H,7H2,1-4H3/b6-5+,15-8+/t11-,12+,16+,20+/m1/s1. The maximum atomic E-state index is 14.2. The second kappa shape index (κ2) is 9.19. The second-order valence-electron chi connectivity index (χ2n) is 7.32. The van der Waals surface area contributed by atoms with Crippen LogP contribution in [0, 0.1) is 5.92 Å². The minimum absolute atomic E-state index is 0.0708. The average molecular weight is 407 g/mol. The zero-order valence-corrected chi connectivity index (χ0v) is 16.8. The zero-order chi connectivity index (χ0) is 21.9. The normalized spacial score (nSPS) is 29.1. The lowest BCUT2D eigenvalue weighted by Gasteiger charge is -2.21. The zero-order valence-electron chi connectivity index (χ0n) is 16.8. The van der Waals surface area contributed by atoms with Gasteiger partial charge in [0, 0.05) is 31.8 Å². The van der Waals surface area contributed by atoms with Crippen molar-refractivity contribution in [3.63, 3.8) is 0 Å². The number of halogens is 1. The van der Waals surface area contributed by atoms with Crippen LogP contribution in [0.15, 0.2) is 30.1 Å². The third kappa shape index (κ3) is 5.21. The van der Waals surface area contributed by atoms with E-state index in [0.29, 0.717) is 11.3 Å². The smallest absolute Gasteiger partial charge is 0.342 e. The first-order valence-electron chi connectivity index (χ1n) is 9.22. The Morgan fingerprint density at radius 1 is 1.17 bits per heavy atom. The van der Waals surface area contributed by atoms with Crippen LogP contribution in [-0.4, -0.2) is 59.5 Å². The molecule has 158 valence electrons. The van der Waals surface area contributed by atoms with E-state index < -0.39 is 41.8 Å². The van der Waals surface area contributed by atoms with E-state index in [-0.39, 0.29) is 17.7 Å². The first kappa shape index (κ1) is 22.6. The molecular weight excluding hydrogens is 381 g/mol. The predicted molar refractivity (Wildman–Crippen MR) is 106 cm³/mol.